The highest BCUT2D eigenvalue weighted by Gasteiger charge is 2.43. The lowest BCUT2D eigenvalue weighted by Gasteiger charge is -2.39. The Bertz CT molecular complexity index is 963. The first-order valence-electron chi connectivity index (χ1n) is 11.1. The van der Waals surface area contributed by atoms with Crippen molar-refractivity contribution >= 4 is 23.5 Å². The molecule has 6 nitrogen and oxygen atoms in total. The van der Waals surface area contributed by atoms with Crippen LogP contribution in [0.1, 0.15) is 58.9 Å². The summed E-state index contributed by atoms with van der Waals surface area (Å²) in [6.45, 7) is 10.6. The summed E-state index contributed by atoms with van der Waals surface area (Å²) in [5, 5.41) is 13.5. The molecule has 1 atom stereocenters. The number of esters is 1. The molecule has 1 aliphatic carbocycles. The second-order valence-electron chi connectivity index (χ2n) is 8.92. The van der Waals surface area contributed by atoms with E-state index in [4.69, 9.17) is 9.47 Å². The van der Waals surface area contributed by atoms with Crippen molar-refractivity contribution in [3.63, 3.8) is 0 Å². The van der Waals surface area contributed by atoms with E-state index in [-0.39, 0.29) is 16.9 Å². The number of ether oxygens (including phenoxy) is 2. The van der Waals surface area contributed by atoms with Gasteiger partial charge in [-0.15, -0.1) is 0 Å². The summed E-state index contributed by atoms with van der Waals surface area (Å²) in [5.74, 6) is 1.07. The van der Waals surface area contributed by atoms with Crippen molar-refractivity contribution in [2.24, 2.45) is 5.41 Å². The Morgan fingerprint density at radius 2 is 2.03 bits per heavy atom. The predicted octanol–water partition coefficient (Wildman–Crippen LogP) is 4.69. The molecule has 3 rings (SSSR count). The van der Waals surface area contributed by atoms with Gasteiger partial charge in [0.15, 0.2) is 17.3 Å². The largest absolute Gasteiger partial charge is 0.504 e. The SMILES string of the molecule is CCOc1cc([C@@H]2C(C(=O)OCCSCC)=C(C)NC3=C2C(=O)CC(C)(C)C3)ccc1O. The molecular weight excluding hydrogens is 426 g/mol. The summed E-state index contributed by atoms with van der Waals surface area (Å²) in [7, 11) is 0. The molecule has 0 saturated carbocycles. The lowest BCUT2D eigenvalue weighted by Crippen LogP contribution is -2.38. The third-order valence-electron chi connectivity index (χ3n) is 5.74. The molecule has 0 aromatic heterocycles. The van der Waals surface area contributed by atoms with Gasteiger partial charge in [-0.25, -0.2) is 4.79 Å². The molecule has 32 heavy (non-hydrogen) atoms. The smallest absolute Gasteiger partial charge is 0.336 e. The van der Waals surface area contributed by atoms with Crippen molar-refractivity contribution in [3.05, 3.63) is 46.3 Å². The Balaban J connectivity index is 2.07. The van der Waals surface area contributed by atoms with Crippen LogP contribution in [-0.4, -0.2) is 41.6 Å². The lowest BCUT2D eigenvalue weighted by molar-refractivity contribution is -0.138. The third-order valence-corrected chi connectivity index (χ3v) is 6.61. The van der Waals surface area contributed by atoms with Crippen LogP contribution in [0.2, 0.25) is 0 Å². The minimum absolute atomic E-state index is 0.0243. The number of carbonyl (C=O) groups excluding carboxylic acids is 2. The number of phenols is 1. The van der Waals surface area contributed by atoms with Gasteiger partial charge in [-0.2, -0.15) is 11.8 Å². The molecule has 0 amide bonds. The molecule has 0 bridgehead atoms. The highest BCUT2D eigenvalue weighted by Crippen LogP contribution is 2.47. The van der Waals surface area contributed by atoms with Crippen LogP contribution in [-0.2, 0) is 14.3 Å². The summed E-state index contributed by atoms with van der Waals surface area (Å²) in [5.41, 5.74) is 3.16. The fourth-order valence-corrected chi connectivity index (χ4v) is 4.93. The molecule has 1 aromatic carbocycles. The van der Waals surface area contributed by atoms with Gasteiger partial charge >= 0.3 is 5.97 Å². The number of hydrogen-bond donors (Lipinski definition) is 2. The van der Waals surface area contributed by atoms with E-state index in [0.29, 0.717) is 48.6 Å². The molecular formula is C25H33NO5S. The van der Waals surface area contributed by atoms with Crippen LogP contribution >= 0.6 is 11.8 Å². The van der Waals surface area contributed by atoms with E-state index < -0.39 is 11.9 Å². The second kappa shape index (κ2) is 10.0. The number of dihydropyridines is 1. The lowest BCUT2D eigenvalue weighted by atomic mass is 9.68. The highest BCUT2D eigenvalue weighted by molar-refractivity contribution is 7.99. The average molecular weight is 460 g/mol. The maximum atomic E-state index is 13.3. The van der Waals surface area contributed by atoms with Crippen molar-refractivity contribution in [2.45, 2.75) is 53.4 Å². The molecule has 1 heterocycles. The number of carbonyl (C=O) groups is 2. The molecule has 2 N–H and O–H groups in total. The molecule has 0 unspecified atom stereocenters. The summed E-state index contributed by atoms with van der Waals surface area (Å²) in [4.78, 5) is 26.5. The Kier molecular flexibility index (Phi) is 7.59. The van der Waals surface area contributed by atoms with Gasteiger partial charge in [0, 0.05) is 35.1 Å². The van der Waals surface area contributed by atoms with E-state index in [1.54, 1.807) is 30.0 Å². The zero-order valence-electron chi connectivity index (χ0n) is 19.5. The molecule has 2 aliphatic rings. The summed E-state index contributed by atoms with van der Waals surface area (Å²) >= 11 is 1.71. The minimum Gasteiger partial charge on any atom is -0.504 e. The van der Waals surface area contributed by atoms with Crippen LogP contribution < -0.4 is 10.1 Å². The van der Waals surface area contributed by atoms with E-state index in [1.807, 2.05) is 13.8 Å². The minimum atomic E-state index is -0.569. The third kappa shape index (κ3) is 5.14. The monoisotopic (exact) mass is 459 g/mol. The molecule has 1 aliphatic heterocycles. The second-order valence-corrected chi connectivity index (χ2v) is 10.3. The standard InChI is InChI=1S/C25H33NO5S/c1-6-30-20-12-16(8-9-18(20)27)22-21(24(29)31-10-11-32-7-2)15(3)26-17-13-25(4,5)14-19(28)23(17)22/h8-9,12,22,26-27H,6-7,10-11,13-14H2,1-5H3/t22-/m1/s1. The van der Waals surface area contributed by atoms with Crippen LogP contribution in [0.25, 0.3) is 0 Å². The van der Waals surface area contributed by atoms with Crippen molar-refractivity contribution in [1.82, 2.24) is 5.32 Å². The number of thioether (sulfide) groups is 1. The van der Waals surface area contributed by atoms with E-state index in [1.165, 1.54) is 0 Å². The van der Waals surface area contributed by atoms with Gasteiger partial charge in [-0.1, -0.05) is 26.8 Å². The molecule has 0 fully saturated rings. The quantitative estimate of drug-likeness (QED) is 0.431. The van der Waals surface area contributed by atoms with E-state index in [2.05, 4.69) is 26.1 Å². The number of nitrogens with one attached hydrogen (secondary N) is 1. The highest BCUT2D eigenvalue weighted by atomic mass is 32.2. The van der Waals surface area contributed by atoms with Crippen LogP contribution in [0.3, 0.4) is 0 Å². The van der Waals surface area contributed by atoms with Gasteiger partial charge in [0.2, 0.25) is 0 Å². The first-order valence-corrected chi connectivity index (χ1v) is 12.3. The van der Waals surface area contributed by atoms with Crippen LogP contribution in [0.4, 0.5) is 0 Å². The zero-order chi connectivity index (χ0) is 23.5. The van der Waals surface area contributed by atoms with E-state index in [0.717, 1.165) is 22.8 Å². The number of aromatic hydroxyl groups is 1. The fraction of sp³-hybridized carbons (Fsp3) is 0.520. The van der Waals surface area contributed by atoms with Gasteiger partial charge < -0.3 is 19.9 Å². The van der Waals surface area contributed by atoms with E-state index in [9.17, 15) is 14.7 Å². The Labute approximate surface area is 194 Å². The molecule has 0 radical (unpaired) electrons. The molecule has 7 heteroatoms. The normalized spacial score (nSPS) is 20.0. The number of ketones is 1. The van der Waals surface area contributed by atoms with Crippen LogP contribution in [0, 0.1) is 5.41 Å². The van der Waals surface area contributed by atoms with Crippen molar-refractivity contribution in [1.29, 1.82) is 0 Å². The van der Waals surface area contributed by atoms with Gasteiger partial charge in [0.05, 0.1) is 12.2 Å². The maximum absolute atomic E-state index is 13.3. The number of hydrogen-bond acceptors (Lipinski definition) is 7. The number of rotatable bonds is 8. The molecule has 174 valence electrons. The van der Waals surface area contributed by atoms with E-state index >= 15 is 0 Å². The fourth-order valence-electron chi connectivity index (χ4n) is 4.44. The summed E-state index contributed by atoms with van der Waals surface area (Å²) in [6, 6.07) is 5.02. The molecule has 1 aromatic rings. The molecule has 0 spiro atoms. The Hall–Kier alpha value is -2.41. The van der Waals surface area contributed by atoms with Crippen molar-refractivity contribution in [3.8, 4) is 11.5 Å². The Morgan fingerprint density at radius 1 is 1.28 bits per heavy atom. The zero-order valence-corrected chi connectivity index (χ0v) is 20.4. The Morgan fingerprint density at radius 3 is 2.72 bits per heavy atom. The molecule has 0 saturated heterocycles. The summed E-state index contributed by atoms with van der Waals surface area (Å²) < 4.78 is 11.2. The first-order chi connectivity index (χ1) is 15.2. The first kappa shape index (κ1) is 24.2. The summed E-state index contributed by atoms with van der Waals surface area (Å²) in [6.07, 6.45) is 1.13. The van der Waals surface area contributed by atoms with Gasteiger partial charge in [-0.05, 0) is 49.1 Å². The van der Waals surface area contributed by atoms with Gasteiger partial charge in [0.25, 0.3) is 0 Å². The van der Waals surface area contributed by atoms with Crippen LogP contribution in [0.15, 0.2) is 40.7 Å². The van der Waals surface area contributed by atoms with Gasteiger partial charge in [0.1, 0.15) is 6.61 Å². The number of Topliss-reactive ketones (excluding diaryl/α,β-unsaturated/α-hetero) is 1. The van der Waals surface area contributed by atoms with Crippen LogP contribution in [0.5, 0.6) is 11.5 Å². The average Bonchev–Trinajstić information content (AvgIpc) is 2.71. The number of phenolic OH excluding ortho intramolecular Hbond substituents is 1. The maximum Gasteiger partial charge on any atom is 0.336 e. The predicted molar refractivity (Wildman–Crippen MR) is 127 cm³/mol. The van der Waals surface area contributed by atoms with Gasteiger partial charge in [-0.3, -0.25) is 4.79 Å². The number of allylic oxidation sites excluding steroid dienone is 3. The topological polar surface area (TPSA) is 84.9 Å². The van der Waals surface area contributed by atoms with Crippen molar-refractivity contribution in [2.75, 3.05) is 24.7 Å². The number of benzene rings is 1. The van der Waals surface area contributed by atoms with Crippen molar-refractivity contribution < 1.29 is 24.2 Å².